The fraction of sp³-hybridized carbons (Fsp3) is 0.462. The number of anilines is 1. The molecule has 110 valence electrons. The number of nitrogens with one attached hydrogen (secondary N) is 1. The van der Waals surface area contributed by atoms with Crippen LogP contribution in [0.25, 0.3) is 0 Å². The Morgan fingerprint density at radius 2 is 2.00 bits per heavy atom. The van der Waals surface area contributed by atoms with E-state index in [1.54, 1.807) is 0 Å². The molecule has 4 nitrogen and oxygen atoms in total. The Morgan fingerprint density at radius 1 is 1.35 bits per heavy atom. The number of rotatable bonds is 3. The van der Waals surface area contributed by atoms with Crippen LogP contribution in [0.2, 0.25) is 0 Å². The number of hydrogen-bond acceptors (Lipinski definition) is 3. The molecule has 0 spiro atoms. The fourth-order valence-corrected chi connectivity index (χ4v) is 6.13. The third-order valence-corrected chi connectivity index (χ3v) is 5.50. The van der Waals surface area contributed by atoms with Crippen LogP contribution >= 0.6 is 67.8 Å². The number of benzene rings is 1. The number of likely N-dealkylation sites (tertiary alicyclic amines) is 1. The molecule has 1 aliphatic rings. The summed E-state index contributed by atoms with van der Waals surface area (Å²) in [5.41, 5.74) is 6.86. The van der Waals surface area contributed by atoms with Crippen molar-refractivity contribution in [1.29, 1.82) is 0 Å². The molecule has 1 fully saturated rings. The normalized spacial score (nSPS) is 19.9. The maximum absolute atomic E-state index is 12.2. The topological polar surface area (TPSA) is 58.4 Å². The van der Waals surface area contributed by atoms with E-state index in [1.807, 2.05) is 0 Å². The summed E-state index contributed by atoms with van der Waals surface area (Å²) in [4.78, 5) is 14.3. The summed E-state index contributed by atoms with van der Waals surface area (Å²) in [6.07, 6.45) is 2.14. The van der Waals surface area contributed by atoms with Gasteiger partial charge in [0.1, 0.15) is 0 Å². The predicted molar refractivity (Wildman–Crippen MR) is 107 cm³/mol. The Kier molecular flexibility index (Phi) is 6.76. The number of nitrogens with two attached hydrogens (primary N) is 1. The minimum atomic E-state index is 0.0381. The zero-order valence-electron chi connectivity index (χ0n) is 10.8. The first-order chi connectivity index (χ1) is 9.45. The van der Waals surface area contributed by atoms with Gasteiger partial charge in [0.05, 0.1) is 12.2 Å². The molecule has 7 heteroatoms. The lowest BCUT2D eigenvalue weighted by Crippen LogP contribution is -2.45. The van der Waals surface area contributed by atoms with E-state index in [1.165, 1.54) is 3.57 Å². The highest BCUT2D eigenvalue weighted by Gasteiger charge is 2.19. The van der Waals surface area contributed by atoms with E-state index in [4.69, 9.17) is 5.73 Å². The second kappa shape index (κ2) is 7.88. The highest BCUT2D eigenvalue weighted by atomic mass is 127. The summed E-state index contributed by atoms with van der Waals surface area (Å²) in [6, 6.07) is 4.33. The van der Waals surface area contributed by atoms with Crippen molar-refractivity contribution < 1.29 is 4.79 Å². The number of carbonyl (C=O) groups is 1. The van der Waals surface area contributed by atoms with Gasteiger partial charge in [-0.2, -0.15) is 0 Å². The standard InChI is InChI=1S/C13H16I3N3O/c14-8-4-10(15)13(11(16)5-8)18-12(20)7-19-3-1-2-9(17)6-19/h4-5,9H,1-3,6-7,17H2,(H,18,20). The van der Waals surface area contributed by atoms with Crippen molar-refractivity contribution in [2.75, 3.05) is 25.0 Å². The van der Waals surface area contributed by atoms with Gasteiger partial charge >= 0.3 is 0 Å². The smallest absolute Gasteiger partial charge is 0.238 e. The van der Waals surface area contributed by atoms with E-state index in [-0.39, 0.29) is 11.9 Å². The molecule has 0 aromatic heterocycles. The third kappa shape index (κ3) is 4.92. The summed E-state index contributed by atoms with van der Waals surface area (Å²) in [5, 5.41) is 3.03. The van der Waals surface area contributed by atoms with Crippen LogP contribution < -0.4 is 11.1 Å². The number of amides is 1. The maximum Gasteiger partial charge on any atom is 0.238 e. The Morgan fingerprint density at radius 3 is 2.60 bits per heavy atom. The summed E-state index contributed by atoms with van der Waals surface area (Å²) in [6.45, 7) is 2.20. The van der Waals surface area contributed by atoms with E-state index in [9.17, 15) is 4.79 Å². The molecule has 1 aromatic rings. The van der Waals surface area contributed by atoms with Gasteiger partial charge in [-0.1, -0.05) is 0 Å². The highest BCUT2D eigenvalue weighted by Crippen LogP contribution is 2.27. The first kappa shape index (κ1) is 17.2. The van der Waals surface area contributed by atoms with Crippen molar-refractivity contribution in [2.24, 2.45) is 5.73 Å². The van der Waals surface area contributed by atoms with Crippen molar-refractivity contribution in [3.8, 4) is 0 Å². The van der Waals surface area contributed by atoms with E-state index in [0.29, 0.717) is 6.54 Å². The highest BCUT2D eigenvalue weighted by molar-refractivity contribution is 14.1. The van der Waals surface area contributed by atoms with Crippen LogP contribution in [0.5, 0.6) is 0 Å². The SMILES string of the molecule is NC1CCCN(CC(=O)Nc2c(I)cc(I)cc2I)C1. The van der Waals surface area contributed by atoms with Gasteiger partial charge in [-0.25, -0.2) is 0 Å². The summed E-state index contributed by atoms with van der Waals surface area (Å²) in [7, 11) is 0. The average Bonchev–Trinajstić information content (AvgIpc) is 2.33. The second-order valence-corrected chi connectivity index (χ2v) is 8.50. The minimum Gasteiger partial charge on any atom is -0.327 e. The number of nitrogens with zero attached hydrogens (tertiary/aromatic N) is 1. The quantitative estimate of drug-likeness (QED) is 0.518. The van der Waals surface area contributed by atoms with Gasteiger partial charge in [-0.3, -0.25) is 9.69 Å². The molecule has 0 radical (unpaired) electrons. The molecule has 2 rings (SSSR count). The zero-order chi connectivity index (χ0) is 14.7. The molecule has 1 aromatic carbocycles. The molecular formula is C13H16I3N3O. The Bertz CT molecular complexity index is 487. The molecular weight excluding hydrogens is 595 g/mol. The Labute approximate surface area is 160 Å². The molecule has 1 amide bonds. The van der Waals surface area contributed by atoms with Gasteiger partial charge in [-0.05, 0) is 99.3 Å². The fourth-order valence-electron chi connectivity index (χ4n) is 2.28. The number of hydrogen-bond donors (Lipinski definition) is 2. The second-order valence-electron chi connectivity index (χ2n) is 4.93. The van der Waals surface area contributed by atoms with Crippen LogP contribution in [-0.2, 0) is 4.79 Å². The molecule has 20 heavy (non-hydrogen) atoms. The molecule has 1 saturated heterocycles. The lowest BCUT2D eigenvalue weighted by Gasteiger charge is -2.30. The molecule has 1 aliphatic heterocycles. The number of piperidine rings is 1. The molecule has 1 atom stereocenters. The van der Waals surface area contributed by atoms with E-state index >= 15 is 0 Å². The van der Waals surface area contributed by atoms with Crippen molar-refractivity contribution >= 4 is 79.4 Å². The first-order valence-electron chi connectivity index (χ1n) is 6.38. The maximum atomic E-state index is 12.2. The van der Waals surface area contributed by atoms with Crippen molar-refractivity contribution in [3.63, 3.8) is 0 Å². The monoisotopic (exact) mass is 611 g/mol. The number of carbonyl (C=O) groups excluding carboxylic acids is 1. The van der Waals surface area contributed by atoms with E-state index in [2.05, 4.69) is 90.1 Å². The van der Waals surface area contributed by atoms with Gasteiger partial charge in [-0.15, -0.1) is 0 Å². The van der Waals surface area contributed by atoms with Gasteiger partial charge < -0.3 is 11.1 Å². The van der Waals surface area contributed by atoms with Gasteiger partial charge in [0, 0.05) is 23.3 Å². The lowest BCUT2D eigenvalue weighted by molar-refractivity contribution is -0.117. The van der Waals surface area contributed by atoms with Crippen LogP contribution in [0, 0.1) is 10.7 Å². The molecule has 3 N–H and O–H groups in total. The van der Waals surface area contributed by atoms with Crippen molar-refractivity contribution in [1.82, 2.24) is 4.90 Å². The first-order valence-corrected chi connectivity index (χ1v) is 9.61. The van der Waals surface area contributed by atoms with Crippen molar-refractivity contribution in [2.45, 2.75) is 18.9 Å². The minimum absolute atomic E-state index is 0.0381. The van der Waals surface area contributed by atoms with Crippen molar-refractivity contribution in [3.05, 3.63) is 22.8 Å². The molecule has 1 unspecified atom stereocenters. The summed E-state index contributed by atoms with van der Waals surface area (Å²) >= 11 is 6.81. The summed E-state index contributed by atoms with van der Waals surface area (Å²) < 4.78 is 3.32. The van der Waals surface area contributed by atoms with E-state index < -0.39 is 0 Å². The third-order valence-electron chi connectivity index (χ3n) is 3.18. The lowest BCUT2D eigenvalue weighted by atomic mass is 10.1. The molecule has 0 saturated carbocycles. The van der Waals surface area contributed by atoms with Crippen LogP contribution in [0.3, 0.4) is 0 Å². The molecule has 1 heterocycles. The van der Waals surface area contributed by atoms with Gasteiger partial charge in [0.15, 0.2) is 0 Å². The van der Waals surface area contributed by atoms with Crippen LogP contribution in [-0.4, -0.2) is 36.5 Å². The van der Waals surface area contributed by atoms with Crippen LogP contribution in [0.4, 0.5) is 5.69 Å². The van der Waals surface area contributed by atoms with Crippen LogP contribution in [0.15, 0.2) is 12.1 Å². The number of halogens is 3. The van der Waals surface area contributed by atoms with Gasteiger partial charge in [0.2, 0.25) is 5.91 Å². The van der Waals surface area contributed by atoms with E-state index in [0.717, 1.165) is 38.8 Å². The van der Waals surface area contributed by atoms with Gasteiger partial charge in [0.25, 0.3) is 0 Å². The molecule has 0 bridgehead atoms. The van der Waals surface area contributed by atoms with Crippen LogP contribution in [0.1, 0.15) is 12.8 Å². The predicted octanol–water partition coefficient (Wildman–Crippen LogP) is 2.86. The molecule has 0 aliphatic carbocycles. The Balaban J connectivity index is 1.98. The zero-order valence-corrected chi connectivity index (χ0v) is 17.3. The largest absolute Gasteiger partial charge is 0.327 e. The summed E-state index contributed by atoms with van der Waals surface area (Å²) in [5.74, 6) is 0.0381. The average molecular weight is 611 g/mol. The Hall–Kier alpha value is 0.800.